The fourth-order valence-corrected chi connectivity index (χ4v) is 2.08. The van der Waals surface area contributed by atoms with Crippen LogP contribution in [0.2, 0.25) is 0 Å². The molecule has 3 nitrogen and oxygen atoms in total. The summed E-state index contributed by atoms with van der Waals surface area (Å²) in [6, 6.07) is 11.8. The molecule has 1 atom stereocenters. The highest BCUT2D eigenvalue weighted by molar-refractivity contribution is 5.54. The van der Waals surface area contributed by atoms with Crippen molar-refractivity contribution in [2.75, 3.05) is 11.9 Å². The van der Waals surface area contributed by atoms with Crippen LogP contribution in [0, 0.1) is 6.92 Å². The number of para-hydroxylation sites is 1. The van der Waals surface area contributed by atoms with Crippen LogP contribution in [-0.2, 0) is 6.54 Å². The summed E-state index contributed by atoms with van der Waals surface area (Å²) in [7, 11) is 2.00. The van der Waals surface area contributed by atoms with Gasteiger partial charge in [-0.15, -0.1) is 0 Å². The van der Waals surface area contributed by atoms with Crippen LogP contribution in [0.3, 0.4) is 0 Å². The van der Waals surface area contributed by atoms with Gasteiger partial charge in [-0.3, -0.25) is 0 Å². The largest absolute Gasteiger partial charge is 0.464 e. The Labute approximate surface area is 108 Å². The number of aliphatic hydroxyl groups excluding tert-OH is 1. The van der Waals surface area contributed by atoms with Crippen LogP contribution >= 0.6 is 0 Å². The van der Waals surface area contributed by atoms with Gasteiger partial charge in [-0.05, 0) is 32.0 Å². The first-order valence-electron chi connectivity index (χ1n) is 6.11. The molecule has 2 aromatic rings. The summed E-state index contributed by atoms with van der Waals surface area (Å²) in [5.41, 5.74) is 1.96. The maximum Gasteiger partial charge on any atom is 0.123 e. The Kier molecular flexibility index (Phi) is 3.72. The van der Waals surface area contributed by atoms with E-state index in [-0.39, 0.29) is 0 Å². The smallest absolute Gasteiger partial charge is 0.123 e. The van der Waals surface area contributed by atoms with Crippen molar-refractivity contribution in [3.63, 3.8) is 0 Å². The van der Waals surface area contributed by atoms with Gasteiger partial charge < -0.3 is 14.4 Å². The lowest BCUT2D eigenvalue weighted by molar-refractivity contribution is 0.199. The molecule has 3 heteroatoms. The van der Waals surface area contributed by atoms with Crippen LogP contribution < -0.4 is 4.90 Å². The minimum absolute atomic E-state index is 0.470. The molecular weight excluding hydrogens is 226 g/mol. The van der Waals surface area contributed by atoms with Gasteiger partial charge in [0.25, 0.3) is 0 Å². The summed E-state index contributed by atoms with van der Waals surface area (Å²) in [6.45, 7) is 4.41. The zero-order valence-electron chi connectivity index (χ0n) is 11.1. The van der Waals surface area contributed by atoms with Gasteiger partial charge in [0.1, 0.15) is 11.5 Å². The van der Waals surface area contributed by atoms with Gasteiger partial charge in [-0.1, -0.05) is 18.2 Å². The molecular formula is C15H19NO2. The van der Waals surface area contributed by atoms with E-state index in [1.54, 1.807) is 6.92 Å². The SMILES string of the molecule is Cc1ccc(CN(C)c2ccccc2C(C)O)o1. The monoisotopic (exact) mass is 245 g/mol. The van der Waals surface area contributed by atoms with Crippen LogP contribution in [0.5, 0.6) is 0 Å². The Morgan fingerprint density at radius 3 is 2.56 bits per heavy atom. The standard InChI is InChI=1S/C15H19NO2/c1-11-8-9-13(18-11)10-16(3)15-7-5-4-6-14(15)12(2)17/h4-9,12,17H,10H2,1-3H3. The van der Waals surface area contributed by atoms with E-state index in [0.717, 1.165) is 22.8 Å². The zero-order chi connectivity index (χ0) is 13.1. The zero-order valence-corrected chi connectivity index (χ0v) is 11.1. The van der Waals surface area contributed by atoms with Crippen molar-refractivity contribution in [1.29, 1.82) is 0 Å². The van der Waals surface area contributed by atoms with Crippen LogP contribution in [-0.4, -0.2) is 12.2 Å². The van der Waals surface area contributed by atoms with E-state index in [2.05, 4.69) is 4.90 Å². The molecule has 1 aromatic carbocycles. The summed E-state index contributed by atoms with van der Waals surface area (Å²) in [5.74, 6) is 1.85. The lowest BCUT2D eigenvalue weighted by atomic mass is 10.1. The number of rotatable bonds is 4. The minimum Gasteiger partial charge on any atom is -0.464 e. The molecule has 1 aromatic heterocycles. The summed E-state index contributed by atoms with van der Waals surface area (Å²) in [5, 5.41) is 9.77. The molecule has 1 heterocycles. The molecule has 0 saturated carbocycles. The second-order valence-corrected chi connectivity index (χ2v) is 4.60. The molecule has 18 heavy (non-hydrogen) atoms. The molecule has 0 saturated heterocycles. The number of anilines is 1. The van der Waals surface area contributed by atoms with Gasteiger partial charge in [0, 0.05) is 18.3 Å². The average molecular weight is 245 g/mol. The van der Waals surface area contributed by atoms with E-state index < -0.39 is 6.10 Å². The first kappa shape index (κ1) is 12.7. The van der Waals surface area contributed by atoms with Crippen molar-refractivity contribution in [2.45, 2.75) is 26.5 Å². The lowest BCUT2D eigenvalue weighted by Gasteiger charge is -2.22. The van der Waals surface area contributed by atoms with E-state index in [9.17, 15) is 5.11 Å². The van der Waals surface area contributed by atoms with E-state index in [1.807, 2.05) is 50.4 Å². The summed E-state index contributed by atoms with van der Waals surface area (Å²) in [6.07, 6.45) is -0.470. The Morgan fingerprint density at radius 1 is 1.22 bits per heavy atom. The number of benzene rings is 1. The number of hydrogen-bond donors (Lipinski definition) is 1. The molecule has 0 spiro atoms. The van der Waals surface area contributed by atoms with Crippen molar-refractivity contribution in [3.8, 4) is 0 Å². The van der Waals surface area contributed by atoms with Crippen molar-refractivity contribution >= 4 is 5.69 Å². The molecule has 0 bridgehead atoms. The van der Waals surface area contributed by atoms with Gasteiger partial charge in [0.05, 0.1) is 12.6 Å². The number of furan rings is 1. The number of aliphatic hydroxyl groups is 1. The normalized spacial score (nSPS) is 12.4. The number of aryl methyl sites for hydroxylation is 1. The maximum atomic E-state index is 9.77. The molecule has 0 aliphatic heterocycles. The second-order valence-electron chi connectivity index (χ2n) is 4.60. The predicted octanol–water partition coefficient (Wildman–Crippen LogP) is 3.28. The fraction of sp³-hybridized carbons (Fsp3) is 0.333. The molecule has 0 aliphatic rings. The van der Waals surface area contributed by atoms with Crippen molar-refractivity contribution in [2.24, 2.45) is 0 Å². The van der Waals surface area contributed by atoms with Gasteiger partial charge in [0.2, 0.25) is 0 Å². The molecule has 1 unspecified atom stereocenters. The molecule has 1 N–H and O–H groups in total. The lowest BCUT2D eigenvalue weighted by Crippen LogP contribution is -2.18. The summed E-state index contributed by atoms with van der Waals surface area (Å²) in [4.78, 5) is 2.08. The minimum atomic E-state index is -0.470. The molecule has 0 fully saturated rings. The Bertz CT molecular complexity index is 517. The summed E-state index contributed by atoms with van der Waals surface area (Å²) >= 11 is 0. The highest BCUT2D eigenvalue weighted by atomic mass is 16.3. The first-order valence-corrected chi connectivity index (χ1v) is 6.11. The van der Waals surface area contributed by atoms with Gasteiger partial charge >= 0.3 is 0 Å². The highest BCUT2D eigenvalue weighted by Crippen LogP contribution is 2.26. The van der Waals surface area contributed by atoms with Gasteiger partial charge in [-0.25, -0.2) is 0 Å². The fourth-order valence-electron chi connectivity index (χ4n) is 2.08. The Morgan fingerprint density at radius 2 is 1.94 bits per heavy atom. The Balaban J connectivity index is 2.20. The average Bonchev–Trinajstić information content (AvgIpc) is 2.74. The third kappa shape index (κ3) is 2.74. The second kappa shape index (κ2) is 5.27. The molecule has 96 valence electrons. The topological polar surface area (TPSA) is 36.6 Å². The number of hydrogen-bond acceptors (Lipinski definition) is 3. The van der Waals surface area contributed by atoms with E-state index >= 15 is 0 Å². The Hall–Kier alpha value is -1.74. The highest BCUT2D eigenvalue weighted by Gasteiger charge is 2.12. The molecule has 2 rings (SSSR count). The van der Waals surface area contributed by atoms with Crippen LogP contribution in [0.25, 0.3) is 0 Å². The molecule has 0 amide bonds. The maximum absolute atomic E-state index is 9.77. The van der Waals surface area contributed by atoms with Crippen LogP contribution in [0.1, 0.15) is 30.1 Å². The predicted molar refractivity (Wildman–Crippen MR) is 72.6 cm³/mol. The summed E-state index contributed by atoms with van der Waals surface area (Å²) < 4.78 is 5.57. The molecule has 0 radical (unpaired) electrons. The third-order valence-corrected chi connectivity index (χ3v) is 2.99. The molecule has 0 aliphatic carbocycles. The van der Waals surface area contributed by atoms with Crippen LogP contribution in [0.4, 0.5) is 5.69 Å². The van der Waals surface area contributed by atoms with Crippen molar-refractivity contribution < 1.29 is 9.52 Å². The van der Waals surface area contributed by atoms with Crippen molar-refractivity contribution in [3.05, 3.63) is 53.5 Å². The first-order chi connectivity index (χ1) is 8.58. The van der Waals surface area contributed by atoms with Gasteiger partial charge in [-0.2, -0.15) is 0 Å². The van der Waals surface area contributed by atoms with Crippen LogP contribution in [0.15, 0.2) is 40.8 Å². The van der Waals surface area contributed by atoms with E-state index in [1.165, 1.54) is 0 Å². The number of nitrogens with zero attached hydrogens (tertiary/aromatic N) is 1. The van der Waals surface area contributed by atoms with E-state index in [0.29, 0.717) is 6.54 Å². The third-order valence-electron chi connectivity index (χ3n) is 2.99. The van der Waals surface area contributed by atoms with Gasteiger partial charge in [0.15, 0.2) is 0 Å². The van der Waals surface area contributed by atoms with Crippen molar-refractivity contribution in [1.82, 2.24) is 0 Å². The van der Waals surface area contributed by atoms with E-state index in [4.69, 9.17) is 4.42 Å². The quantitative estimate of drug-likeness (QED) is 0.898.